The third-order valence-corrected chi connectivity index (χ3v) is 9.96. The van der Waals surface area contributed by atoms with Gasteiger partial charge in [0.05, 0.1) is 23.2 Å². The molecule has 3 aliphatic carbocycles. The molecule has 4 aliphatic heterocycles. The molecule has 9 rings (SSSR count). The van der Waals surface area contributed by atoms with Gasteiger partial charge in [-0.1, -0.05) is 0 Å². The molecule has 154 valence electrons. The number of aromatic nitrogens is 6. The molecule has 0 unspecified atom stereocenters. The van der Waals surface area contributed by atoms with Crippen molar-refractivity contribution < 1.29 is 0 Å². The summed E-state index contributed by atoms with van der Waals surface area (Å²) in [6.07, 6.45) is 4.09. The molecule has 0 radical (unpaired) electrons. The van der Waals surface area contributed by atoms with Crippen molar-refractivity contribution in [2.45, 2.75) is 69.1 Å². The Morgan fingerprint density at radius 3 is 1.45 bits per heavy atom. The second kappa shape index (κ2) is 3.91. The second-order valence-electron chi connectivity index (χ2n) is 10.3. The second-order valence-corrected chi connectivity index (χ2v) is 10.3. The Labute approximate surface area is 164 Å². The van der Waals surface area contributed by atoms with Gasteiger partial charge in [-0.05, 0) is 46.0 Å². The van der Waals surface area contributed by atoms with E-state index in [-0.39, 0.29) is 45.7 Å². The van der Waals surface area contributed by atoms with Gasteiger partial charge < -0.3 is 0 Å². The number of hydrogen-bond donors (Lipinski definition) is 0. The maximum atomic E-state index is 13.1. The van der Waals surface area contributed by atoms with Gasteiger partial charge in [0.2, 0.25) is 0 Å². The third-order valence-electron chi connectivity index (χ3n) is 9.96. The molecule has 2 aromatic rings. The molecule has 4 bridgehead atoms. The topological polar surface area (TPSA) is 97.9 Å². The predicted molar refractivity (Wildman–Crippen MR) is 101 cm³/mol. The SMILES string of the molecule is Cn1c(=O)n2n(c1=O)[C@@]1(C)CC[C@@H]2[C@]23C[C@@]21[C@H]1CC[C@]3(C)n2c(=O)n(C)c(=O)n21. The van der Waals surface area contributed by atoms with E-state index in [1.165, 1.54) is 23.2 Å². The van der Waals surface area contributed by atoms with Crippen LogP contribution in [0.2, 0.25) is 0 Å². The number of fused-ring (bicyclic) bond motifs is 2. The molecule has 0 amide bonds. The molecule has 0 spiro atoms. The van der Waals surface area contributed by atoms with Gasteiger partial charge in [0.25, 0.3) is 0 Å². The Morgan fingerprint density at radius 1 is 0.690 bits per heavy atom. The molecular formula is C19H24N6O4. The molecule has 3 fully saturated rings. The highest BCUT2D eigenvalue weighted by atomic mass is 16.2. The molecule has 0 saturated heterocycles. The molecule has 7 aliphatic rings. The Morgan fingerprint density at radius 2 is 1.07 bits per heavy atom. The highest BCUT2D eigenvalue weighted by molar-refractivity contribution is 5.40. The molecule has 6 heterocycles. The van der Waals surface area contributed by atoms with Crippen LogP contribution in [0.5, 0.6) is 0 Å². The summed E-state index contributed by atoms with van der Waals surface area (Å²) in [6.45, 7) is 4.20. The van der Waals surface area contributed by atoms with Crippen LogP contribution in [0.1, 0.15) is 58.0 Å². The fraction of sp³-hybridized carbons (Fsp3) is 0.789. The maximum Gasteiger partial charge on any atom is 0.347 e. The normalized spacial score (nSPS) is 45.0. The van der Waals surface area contributed by atoms with E-state index in [0.29, 0.717) is 0 Å². The fourth-order valence-corrected chi connectivity index (χ4v) is 8.87. The summed E-state index contributed by atoms with van der Waals surface area (Å²) in [6, 6.07) is -0.260. The van der Waals surface area contributed by atoms with Crippen molar-refractivity contribution in [1.82, 2.24) is 27.9 Å². The van der Waals surface area contributed by atoms with Gasteiger partial charge in [0.1, 0.15) is 0 Å². The Bertz CT molecular complexity index is 1310. The first-order valence-electron chi connectivity index (χ1n) is 10.4. The standard InChI is InChI=1S/C19H24N6O4/c1-16-7-5-11(22-12(26)20(3)14(28)24(16)22)19-9-18(16,19)10-6-8-17(19,2)25-15(29)21(4)13(27)23(10)25/h10-11H,5-9H2,1-4H3/t10-,11-,16+,17+,18+,19+/m1/s1. The van der Waals surface area contributed by atoms with Crippen LogP contribution < -0.4 is 22.8 Å². The monoisotopic (exact) mass is 400 g/mol. The minimum absolute atomic E-state index is 0.130. The lowest BCUT2D eigenvalue weighted by atomic mass is 9.51. The van der Waals surface area contributed by atoms with Gasteiger partial charge in [-0.2, -0.15) is 0 Å². The van der Waals surface area contributed by atoms with Crippen LogP contribution in [-0.2, 0) is 25.2 Å². The molecule has 10 heteroatoms. The van der Waals surface area contributed by atoms with Crippen LogP contribution in [0.25, 0.3) is 0 Å². The Balaban J connectivity index is 1.67. The van der Waals surface area contributed by atoms with E-state index in [0.717, 1.165) is 32.1 Å². The van der Waals surface area contributed by atoms with Crippen molar-refractivity contribution in [3.05, 3.63) is 41.9 Å². The van der Waals surface area contributed by atoms with Gasteiger partial charge in [-0.3, -0.25) is 0 Å². The lowest BCUT2D eigenvalue weighted by molar-refractivity contribution is -0.185. The Hall–Kier alpha value is -2.52. The molecule has 10 nitrogen and oxygen atoms in total. The highest BCUT2D eigenvalue weighted by Gasteiger charge is 2.93. The van der Waals surface area contributed by atoms with Crippen LogP contribution >= 0.6 is 0 Å². The van der Waals surface area contributed by atoms with E-state index in [4.69, 9.17) is 0 Å². The minimum Gasteiger partial charge on any atom is -0.246 e. The van der Waals surface area contributed by atoms with E-state index < -0.39 is 11.1 Å². The zero-order chi connectivity index (χ0) is 20.5. The highest BCUT2D eigenvalue weighted by Crippen LogP contribution is 2.92. The molecule has 0 N–H and O–H groups in total. The number of nitrogens with zero attached hydrogens (tertiary/aromatic N) is 6. The van der Waals surface area contributed by atoms with Gasteiger partial charge in [0, 0.05) is 24.9 Å². The van der Waals surface area contributed by atoms with E-state index in [2.05, 4.69) is 13.8 Å². The van der Waals surface area contributed by atoms with E-state index >= 15 is 0 Å². The first-order valence-corrected chi connectivity index (χ1v) is 10.4. The zero-order valence-corrected chi connectivity index (χ0v) is 17.0. The van der Waals surface area contributed by atoms with Crippen molar-refractivity contribution in [3.63, 3.8) is 0 Å². The summed E-state index contributed by atoms with van der Waals surface area (Å²) in [5.74, 6) is 0. The number of hydrogen-bond acceptors (Lipinski definition) is 4. The molecule has 3 saturated carbocycles. The van der Waals surface area contributed by atoms with Crippen molar-refractivity contribution in [3.8, 4) is 0 Å². The fourth-order valence-electron chi connectivity index (χ4n) is 8.87. The average Bonchev–Trinajstić information content (AvgIpc) is 3.36. The van der Waals surface area contributed by atoms with Crippen molar-refractivity contribution in [2.24, 2.45) is 24.9 Å². The Kier molecular flexibility index (Phi) is 2.20. The molecule has 6 atom stereocenters. The van der Waals surface area contributed by atoms with Crippen LogP contribution in [-0.4, -0.2) is 27.9 Å². The molecular weight excluding hydrogens is 376 g/mol. The lowest BCUT2D eigenvalue weighted by Gasteiger charge is -2.66. The average molecular weight is 400 g/mol. The lowest BCUT2D eigenvalue weighted by Crippen LogP contribution is -2.73. The van der Waals surface area contributed by atoms with Gasteiger partial charge in [-0.25, -0.2) is 47.0 Å². The summed E-state index contributed by atoms with van der Waals surface area (Å²) in [4.78, 5) is 52.3. The third kappa shape index (κ3) is 1.11. The summed E-state index contributed by atoms with van der Waals surface area (Å²) in [5, 5.41) is 0. The molecule has 2 aromatic heterocycles. The predicted octanol–water partition coefficient (Wildman–Crippen LogP) is -0.785. The smallest absolute Gasteiger partial charge is 0.246 e. The van der Waals surface area contributed by atoms with Crippen molar-refractivity contribution in [2.75, 3.05) is 0 Å². The van der Waals surface area contributed by atoms with E-state index in [1.807, 2.05) is 0 Å². The largest absolute Gasteiger partial charge is 0.347 e. The first-order chi connectivity index (χ1) is 13.6. The van der Waals surface area contributed by atoms with Crippen molar-refractivity contribution in [1.29, 1.82) is 0 Å². The van der Waals surface area contributed by atoms with E-state index in [1.54, 1.807) is 18.7 Å². The van der Waals surface area contributed by atoms with Crippen LogP contribution in [0.15, 0.2) is 19.2 Å². The number of rotatable bonds is 0. The summed E-state index contributed by atoms with van der Waals surface area (Å²) >= 11 is 0. The van der Waals surface area contributed by atoms with Crippen LogP contribution in [0.3, 0.4) is 0 Å². The van der Waals surface area contributed by atoms with Gasteiger partial charge in [-0.15, -0.1) is 0 Å². The molecule has 29 heavy (non-hydrogen) atoms. The maximum absolute atomic E-state index is 13.1. The van der Waals surface area contributed by atoms with Gasteiger partial charge in [0.15, 0.2) is 0 Å². The van der Waals surface area contributed by atoms with Crippen molar-refractivity contribution >= 4 is 0 Å². The van der Waals surface area contributed by atoms with Crippen LogP contribution in [0, 0.1) is 10.8 Å². The van der Waals surface area contributed by atoms with Gasteiger partial charge >= 0.3 is 22.8 Å². The zero-order valence-electron chi connectivity index (χ0n) is 17.0. The summed E-state index contributed by atoms with van der Waals surface area (Å²) in [5.41, 5.74) is -2.78. The molecule has 0 aromatic carbocycles. The first kappa shape index (κ1) is 16.3. The minimum atomic E-state index is -0.553. The van der Waals surface area contributed by atoms with E-state index in [9.17, 15) is 19.2 Å². The summed E-state index contributed by atoms with van der Waals surface area (Å²) < 4.78 is 9.20. The van der Waals surface area contributed by atoms with Crippen LogP contribution in [0.4, 0.5) is 0 Å². The summed E-state index contributed by atoms with van der Waals surface area (Å²) in [7, 11) is 3.08. The quantitative estimate of drug-likeness (QED) is 0.579.